The number of carboxylic acid groups (broad SMARTS) is 1. The highest BCUT2D eigenvalue weighted by Gasteiger charge is 2.19. The Balaban J connectivity index is 2.13. The summed E-state index contributed by atoms with van der Waals surface area (Å²) in [5, 5.41) is 9.26. The maximum absolute atomic E-state index is 11.9. The van der Waals surface area contributed by atoms with Gasteiger partial charge in [-0.25, -0.2) is 14.4 Å². The molecule has 0 unspecified atom stereocenters. The van der Waals surface area contributed by atoms with Gasteiger partial charge in [0.15, 0.2) is 11.3 Å². The zero-order valence-electron chi connectivity index (χ0n) is 11.2. The van der Waals surface area contributed by atoms with Crippen LogP contribution in [0.3, 0.4) is 0 Å². The third kappa shape index (κ3) is 2.88. The van der Waals surface area contributed by atoms with Crippen LogP contribution in [0.15, 0.2) is 54.7 Å². The molecule has 0 saturated heterocycles. The molecule has 2 aromatic heterocycles. The summed E-state index contributed by atoms with van der Waals surface area (Å²) in [5.41, 5.74) is -1.59. The van der Waals surface area contributed by atoms with Crippen molar-refractivity contribution in [1.82, 2.24) is 0 Å². The van der Waals surface area contributed by atoms with Gasteiger partial charge in [0.25, 0.3) is 0 Å². The lowest BCUT2D eigenvalue weighted by Crippen LogP contribution is -2.14. The van der Waals surface area contributed by atoms with Gasteiger partial charge in [-0.2, -0.15) is 0 Å². The molecule has 0 atom stereocenters. The van der Waals surface area contributed by atoms with E-state index in [4.69, 9.17) is 18.7 Å². The number of carbonyl (C=O) groups excluding carboxylic acids is 1. The fourth-order valence-electron chi connectivity index (χ4n) is 1.94. The first-order valence-corrected chi connectivity index (χ1v) is 7.01. The van der Waals surface area contributed by atoms with Crippen molar-refractivity contribution in [2.24, 2.45) is 0 Å². The molecule has 0 saturated carbocycles. The smallest absolute Gasteiger partial charge is 0.379 e. The number of rotatable bonds is 3. The molecule has 3 aromatic rings. The van der Waals surface area contributed by atoms with Crippen molar-refractivity contribution < 1.29 is 28.3 Å². The summed E-state index contributed by atoms with van der Waals surface area (Å²) >= 11 is 3.22. The van der Waals surface area contributed by atoms with Gasteiger partial charge < -0.3 is 18.7 Å². The molecule has 0 bridgehead atoms. The van der Waals surface area contributed by atoms with Crippen LogP contribution in [0.5, 0.6) is 5.75 Å². The van der Waals surface area contributed by atoms with Crippen LogP contribution in [0, 0.1) is 0 Å². The molecule has 0 aliphatic rings. The van der Waals surface area contributed by atoms with Gasteiger partial charge >= 0.3 is 17.6 Å². The highest BCUT2D eigenvalue weighted by molar-refractivity contribution is 9.10. The second-order valence-corrected chi connectivity index (χ2v) is 5.36. The van der Waals surface area contributed by atoms with E-state index < -0.39 is 23.1 Å². The molecule has 0 radical (unpaired) electrons. The molecule has 7 nitrogen and oxygen atoms in total. The molecule has 3 rings (SSSR count). The fraction of sp³-hybridized carbons (Fsp3) is 0. The molecule has 0 amide bonds. The summed E-state index contributed by atoms with van der Waals surface area (Å²) in [4.78, 5) is 34.7. The van der Waals surface area contributed by atoms with Gasteiger partial charge in [0.1, 0.15) is 5.56 Å². The highest BCUT2D eigenvalue weighted by atomic mass is 79.9. The van der Waals surface area contributed by atoms with Gasteiger partial charge in [0.2, 0.25) is 5.76 Å². The molecule has 116 valence electrons. The van der Waals surface area contributed by atoms with Gasteiger partial charge in [0.05, 0.1) is 6.26 Å². The van der Waals surface area contributed by atoms with Crippen molar-refractivity contribution in [3.63, 3.8) is 0 Å². The van der Waals surface area contributed by atoms with Crippen LogP contribution >= 0.6 is 15.9 Å². The number of ether oxygens (including phenoxy) is 1. The Hall–Kier alpha value is -2.87. The number of benzene rings is 1. The molecule has 1 aromatic carbocycles. The summed E-state index contributed by atoms with van der Waals surface area (Å²) in [6.07, 6.45) is 1.31. The third-order valence-corrected chi connectivity index (χ3v) is 3.38. The number of carbonyl (C=O) groups is 2. The van der Waals surface area contributed by atoms with Gasteiger partial charge in [-0.15, -0.1) is 0 Å². The second kappa shape index (κ2) is 5.73. The van der Waals surface area contributed by atoms with E-state index in [1.54, 1.807) is 0 Å². The second-order valence-electron chi connectivity index (χ2n) is 4.44. The number of halogens is 1. The van der Waals surface area contributed by atoms with Gasteiger partial charge in [-0.3, -0.25) is 0 Å². The Labute approximate surface area is 136 Å². The monoisotopic (exact) mass is 378 g/mol. The molecule has 23 heavy (non-hydrogen) atoms. The zero-order valence-corrected chi connectivity index (χ0v) is 12.8. The normalized spacial score (nSPS) is 10.7. The van der Waals surface area contributed by atoms with E-state index in [9.17, 15) is 14.4 Å². The fourth-order valence-corrected chi connectivity index (χ4v) is 2.39. The first-order valence-electron chi connectivity index (χ1n) is 6.22. The summed E-state index contributed by atoms with van der Waals surface area (Å²) in [6, 6.07) is 7.05. The number of aromatic carboxylic acids is 1. The van der Waals surface area contributed by atoms with E-state index in [-0.39, 0.29) is 17.1 Å². The average molecular weight is 379 g/mol. The maximum atomic E-state index is 11.9. The lowest BCUT2D eigenvalue weighted by molar-refractivity contribution is 0.0683. The van der Waals surface area contributed by atoms with E-state index in [2.05, 4.69) is 15.9 Å². The lowest BCUT2D eigenvalue weighted by atomic mass is 10.2. The van der Waals surface area contributed by atoms with E-state index in [1.807, 2.05) is 0 Å². The minimum absolute atomic E-state index is 0.0253. The van der Waals surface area contributed by atoms with Crippen LogP contribution in [0.2, 0.25) is 0 Å². The molecule has 8 heteroatoms. The molecular weight excluding hydrogens is 372 g/mol. The summed E-state index contributed by atoms with van der Waals surface area (Å²) < 4.78 is 15.6. The molecular formula is C15H7BrO7. The number of fused-ring (bicyclic) bond motifs is 1. The molecule has 1 N–H and O–H groups in total. The first-order chi connectivity index (χ1) is 11.0. The van der Waals surface area contributed by atoms with Crippen molar-refractivity contribution in [2.45, 2.75) is 0 Å². The van der Waals surface area contributed by atoms with Crippen LogP contribution in [0.4, 0.5) is 0 Å². The van der Waals surface area contributed by atoms with Crippen LogP contribution in [-0.2, 0) is 0 Å². The predicted molar refractivity (Wildman–Crippen MR) is 80.8 cm³/mol. The summed E-state index contributed by atoms with van der Waals surface area (Å²) in [5.74, 6) is -2.25. The van der Waals surface area contributed by atoms with Crippen LogP contribution in [0.1, 0.15) is 20.9 Å². The van der Waals surface area contributed by atoms with Crippen molar-refractivity contribution >= 4 is 38.8 Å². The van der Waals surface area contributed by atoms with Crippen molar-refractivity contribution in [1.29, 1.82) is 0 Å². The Morgan fingerprint density at radius 3 is 2.65 bits per heavy atom. The molecule has 0 aliphatic heterocycles. The van der Waals surface area contributed by atoms with Crippen molar-refractivity contribution in [2.75, 3.05) is 0 Å². The number of hydrogen-bond donors (Lipinski definition) is 1. The molecule has 0 fully saturated rings. The van der Waals surface area contributed by atoms with Crippen LogP contribution in [-0.4, -0.2) is 17.0 Å². The number of hydrogen-bond acceptors (Lipinski definition) is 6. The van der Waals surface area contributed by atoms with Crippen LogP contribution < -0.4 is 10.4 Å². The largest absolute Gasteiger partial charge is 0.477 e. The van der Waals surface area contributed by atoms with Crippen LogP contribution in [0.25, 0.3) is 11.0 Å². The quantitative estimate of drug-likeness (QED) is 0.423. The Morgan fingerprint density at radius 2 is 2.00 bits per heavy atom. The van der Waals surface area contributed by atoms with E-state index >= 15 is 0 Å². The summed E-state index contributed by atoms with van der Waals surface area (Å²) in [7, 11) is 0. The Bertz CT molecular complexity index is 969. The minimum Gasteiger partial charge on any atom is -0.477 e. The molecule has 0 aliphatic carbocycles. The number of esters is 1. The van der Waals surface area contributed by atoms with E-state index in [0.29, 0.717) is 9.86 Å². The summed E-state index contributed by atoms with van der Waals surface area (Å²) in [6.45, 7) is 0. The zero-order chi connectivity index (χ0) is 16.6. The standard InChI is InChI=1S/C15H7BrO7/c16-8-4-7-5-9(13(17)18)14(19)23-12(7)11(6-8)22-15(20)10-2-1-3-21-10/h1-6H,(H,17,18). The topological polar surface area (TPSA) is 107 Å². The number of carboxylic acids is 1. The van der Waals surface area contributed by atoms with Gasteiger partial charge in [0, 0.05) is 9.86 Å². The van der Waals surface area contributed by atoms with E-state index in [0.717, 1.165) is 6.07 Å². The highest BCUT2D eigenvalue weighted by Crippen LogP contribution is 2.30. The van der Waals surface area contributed by atoms with Gasteiger partial charge in [-0.05, 0) is 30.3 Å². The van der Waals surface area contributed by atoms with Gasteiger partial charge in [-0.1, -0.05) is 15.9 Å². The SMILES string of the molecule is O=C(Oc1cc(Br)cc2cc(C(=O)O)c(=O)oc12)c1ccco1. The Kier molecular flexibility index (Phi) is 3.75. The minimum atomic E-state index is -1.41. The average Bonchev–Trinajstić information content (AvgIpc) is 3.01. The third-order valence-electron chi connectivity index (χ3n) is 2.92. The lowest BCUT2D eigenvalue weighted by Gasteiger charge is -2.07. The molecule has 2 heterocycles. The predicted octanol–water partition coefficient (Wildman–Crippen LogP) is 3.07. The van der Waals surface area contributed by atoms with E-state index in [1.165, 1.54) is 30.5 Å². The first kappa shape index (κ1) is 15.0. The number of furan rings is 1. The molecule has 0 spiro atoms. The van der Waals surface area contributed by atoms with Crippen molar-refractivity contribution in [3.05, 3.63) is 62.8 Å². The Morgan fingerprint density at radius 1 is 1.22 bits per heavy atom. The maximum Gasteiger partial charge on any atom is 0.379 e. The van der Waals surface area contributed by atoms with Crippen molar-refractivity contribution in [3.8, 4) is 5.75 Å².